The fraction of sp³-hybridized carbons (Fsp3) is 0.471. The minimum Gasteiger partial charge on any atom is -0.281 e. The molecule has 23 heavy (non-hydrogen) atoms. The van der Waals surface area contributed by atoms with Crippen molar-refractivity contribution < 1.29 is 8.42 Å². The molecule has 6 heteroatoms. The second kappa shape index (κ2) is 7.27. The molecular formula is C17H25N3O2S. The van der Waals surface area contributed by atoms with Crippen molar-refractivity contribution in [1.29, 1.82) is 0 Å². The Kier molecular flexibility index (Phi) is 5.59. The molecule has 0 aliphatic carbocycles. The number of H-pyrrole nitrogens is 1. The van der Waals surface area contributed by atoms with E-state index in [1.165, 1.54) is 5.56 Å². The minimum atomic E-state index is -3.52. The van der Waals surface area contributed by atoms with Crippen molar-refractivity contribution in [2.24, 2.45) is 5.92 Å². The highest BCUT2D eigenvalue weighted by atomic mass is 32.2. The molecule has 1 aromatic heterocycles. The zero-order chi connectivity index (χ0) is 17.0. The molecule has 2 rings (SSSR count). The molecule has 0 aliphatic rings. The number of sulfonamides is 1. The van der Waals surface area contributed by atoms with Crippen LogP contribution >= 0.6 is 0 Å². The summed E-state index contributed by atoms with van der Waals surface area (Å²) in [5, 5.41) is 6.64. The molecule has 0 atom stereocenters. The van der Waals surface area contributed by atoms with Crippen LogP contribution in [-0.2, 0) is 22.9 Å². The number of aryl methyl sites for hydroxylation is 2. The molecule has 0 amide bonds. The summed E-state index contributed by atoms with van der Waals surface area (Å²) in [5.41, 5.74) is 3.50. The molecular weight excluding hydrogens is 310 g/mol. The maximum atomic E-state index is 12.3. The van der Waals surface area contributed by atoms with Gasteiger partial charge in [0.25, 0.3) is 0 Å². The summed E-state index contributed by atoms with van der Waals surface area (Å²) in [6, 6.07) is 8.38. The lowest BCUT2D eigenvalue weighted by molar-refractivity contribution is 0.580. The van der Waals surface area contributed by atoms with Gasteiger partial charge < -0.3 is 0 Å². The maximum absolute atomic E-state index is 12.3. The highest BCUT2D eigenvalue weighted by Gasteiger charge is 2.21. The number of aromatic nitrogens is 2. The fourth-order valence-corrected chi connectivity index (χ4v) is 4.05. The van der Waals surface area contributed by atoms with Gasteiger partial charge in [0.05, 0.1) is 11.4 Å². The minimum absolute atomic E-state index is 0.254. The first-order valence-corrected chi connectivity index (χ1v) is 9.37. The molecule has 0 spiro atoms. The van der Waals surface area contributed by atoms with Gasteiger partial charge in [-0.3, -0.25) is 5.10 Å². The van der Waals surface area contributed by atoms with E-state index >= 15 is 0 Å². The summed E-state index contributed by atoms with van der Waals surface area (Å²) >= 11 is 0. The summed E-state index contributed by atoms with van der Waals surface area (Å²) in [6.45, 7) is 8.16. The number of benzene rings is 1. The molecule has 0 saturated heterocycles. The number of aromatic amines is 1. The molecule has 0 radical (unpaired) electrons. The van der Waals surface area contributed by atoms with Gasteiger partial charge in [-0.2, -0.15) is 5.10 Å². The lowest BCUT2D eigenvalue weighted by atomic mass is 10.0. The monoisotopic (exact) mass is 335 g/mol. The van der Waals surface area contributed by atoms with E-state index in [4.69, 9.17) is 0 Å². The molecule has 0 aliphatic heterocycles. The topological polar surface area (TPSA) is 74.8 Å². The first kappa shape index (κ1) is 17.7. The van der Waals surface area contributed by atoms with E-state index in [1.54, 1.807) is 13.8 Å². The third-order valence-electron chi connectivity index (χ3n) is 3.70. The van der Waals surface area contributed by atoms with Gasteiger partial charge in [0.1, 0.15) is 4.90 Å². The smallest absolute Gasteiger partial charge is 0.244 e. The van der Waals surface area contributed by atoms with E-state index < -0.39 is 10.0 Å². The number of rotatable bonds is 7. The van der Waals surface area contributed by atoms with Crippen molar-refractivity contribution in [2.45, 2.75) is 45.4 Å². The van der Waals surface area contributed by atoms with Gasteiger partial charge >= 0.3 is 0 Å². The molecule has 0 fully saturated rings. The Morgan fingerprint density at radius 1 is 1.13 bits per heavy atom. The van der Waals surface area contributed by atoms with Crippen LogP contribution in [0.3, 0.4) is 0 Å². The number of hydrogen-bond acceptors (Lipinski definition) is 3. The van der Waals surface area contributed by atoms with E-state index in [0.29, 0.717) is 30.3 Å². The molecule has 1 aromatic carbocycles. The van der Waals surface area contributed by atoms with Gasteiger partial charge in [0.2, 0.25) is 10.0 Å². The van der Waals surface area contributed by atoms with Crippen molar-refractivity contribution in [2.75, 3.05) is 6.54 Å². The van der Waals surface area contributed by atoms with Crippen LogP contribution in [0.4, 0.5) is 0 Å². The quantitative estimate of drug-likeness (QED) is 0.817. The van der Waals surface area contributed by atoms with Crippen LogP contribution in [0.1, 0.15) is 36.4 Å². The van der Waals surface area contributed by atoms with Gasteiger partial charge in [-0.25, -0.2) is 13.1 Å². The lowest BCUT2D eigenvalue weighted by Crippen LogP contribution is -2.26. The van der Waals surface area contributed by atoms with Crippen LogP contribution in [-0.4, -0.2) is 25.2 Å². The SMILES string of the molecule is Cc1n[nH]c(C)c1S(=O)(=O)NCCc1ccc(CC(C)C)cc1. The second-order valence-electron chi connectivity index (χ2n) is 6.33. The Bertz CT molecular complexity index is 727. The van der Waals surface area contributed by atoms with Crippen molar-refractivity contribution in [3.05, 3.63) is 46.8 Å². The molecule has 0 unspecified atom stereocenters. The summed E-state index contributed by atoms with van der Waals surface area (Å²) in [5.74, 6) is 0.633. The van der Waals surface area contributed by atoms with Crippen LogP contribution in [0.2, 0.25) is 0 Å². The third kappa shape index (κ3) is 4.65. The largest absolute Gasteiger partial charge is 0.281 e. The van der Waals surface area contributed by atoms with E-state index in [-0.39, 0.29) is 4.90 Å². The summed E-state index contributed by atoms with van der Waals surface area (Å²) in [6.07, 6.45) is 1.73. The van der Waals surface area contributed by atoms with E-state index in [1.807, 2.05) is 0 Å². The van der Waals surface area contributed by atoms with Crippen molar-refractivity contribution in [3.63, 3.8) is 0 Å². The van der Waals surface area contributed by atoms with E-state index in [2.05, 4.69) is 53.0 Å². The summed E-state index contributed by atoms with van der Waals surface area (Å²) in [7, 11) is -3.52. The molecule has 2 N–H and O–H groups in total. The van der Waals surface area contributed by atoms with Crippen molar-refractivity contribution in [1.82, 2.24) is 14.9 Å². The number of nitrogens with zero attached hydrogens (tertiary/aromatic N) is 1. The van der Waals surface area contributed by atoms with Crippen LogP contribution in [0.25, 0.3) is 0 Å². The Morgan fingerprint density at radius 2 is 1.74 bits per heavy atom. The highest BCUT2D eigenvalue weighted by Crippen LogP contribution is 2.16. The standard InChI is InChI=1S/C17H25N3O2S/c1-12(2)11-16-7-5-15(6-8-16)9-10-18-23(21,22)17-13(3)19-20-14(17)4/h5-8,12,18H,9-11H2,1-4H3,(H,19,20). The van der Waals surface area contributed by atoms with Crippen LogP contribution in [0.15, 0.2) is 29.2 Å². The summed E-state index contributed by atoms with van der Waals surface area (Å²) < 4.78 is 27.3. The average Bonchev–Trinajstić information content (AvgIpc) is 2.80. The Morgan fingerprint density at radius 3 is 2.26 bits per heavy atom. The van der Waals surface area contributed by atoms with Gasteiger partial charge in [-0.15, -0.1) is 0 Å². The van der Waals surface area contributed by atoms with E-state index in [0.717, 1.165) is 12.0 Å². The van der Waals surface area contributed by atoms with Crippen LogP contribution in [0.5, 0.6) is 0 Å². The van der Waals surface area contributed by atoms with Gasteiger partial charge in [0.15, 0.2) is 0 Å². The van der Waals surface area contributed by atoms with Gasteiger partial charge in [0, 0.05) is 6.54 Å². The van der Waals surface area contributed by atoms with Crippen LogP contribution < -0.4 is 4.72 Å². The molecule has 0 saturated carbocycles. The second-order valence-corrected chi connectivity index (χ2v) is 8.03. The van der Waals surface area contributed by atoms with Gasteiger partial charge in [-0.1, -0.05) is 38.1 Å². The summed E-state index contributed by atoms with van der Waals surface area (Å²) in [4.78, 5) is 0.254. The van der Waals surface area contributed by atoms with Crippen molar-refractivity contribution in [3.8, 4) is 0 Å². The van der Waals surface area contributed by atoms with Crippen LogP contribution in [0, 0.1) is 19.8 Å². The lowest BCUT2D eigenvalue weighted by Gasteiger charge is -2.08. The van der Waals surface area contributed by atoms with Gasteiger partial charge in [-0.05, 0) is 43.7 Å². The molecule has 0 bridgehead atoms. The Hall–Kier alpha value is -1.66. The molecule has 1 heterocycles. The predicted molar refractivity (Wildman–Crippen MR) is 91.9 cm³/mol. The first-order valence-electron chi connectivity index (χ1n) is 7.88. The number of nitrogens with one attached hydrogen (secondary N) is 2. The highest BCUT2D eigenvalue weighted by molar-refractivity contribution is 7.89. The molecule has 5 nitrogen and oxygen atoms in total. The van der Waals surface area contributed by atoms with E-state index in [9.17, 15) is 8.42 Å². The molecule has 126 valence electrons. The Balaban J connectivity index is 1.94. The Labute approximate surface area is 138 Å². The normalized spacial score (nSPS) is 12.0. The first-order chi connectivity index (χ1) is 10.8. The maximum Gasteiger partial charge on any atom is 0.244 e. The average molecular weight is 335 g/mol. The fourth-order valence-electron chi connectivity index (χ4n) is 2.65. The number of hydrogen-bond donors (Lipinski definition) is 2. The zero-order valence-corrected chi connectivity index (χ0v) is 15.0. The molecule has 2 aromatic rings. The zero-order valence-electron chi connectivity index (χ0n) is 14.2. The predicted octanol–water partition coefficient (Wildman–Crippen LogP) is 2.75. The third-order valence-corrected chi connectivity index (χ3v) is 5.43. The van der Waals surface area contributed by atoms with Crippen molar-refractivity contribution >= 4 is 10.0 Å².